The molecule has 0 fully saturated rings. The fourth-order valence-corrected chi connectivity index (χ4v) is 4.51. The molecule has 4 heteroatoms. The molecule has 3 aromatic carbocycles. The van der Waals surface area contributed by atoms with Crippen molar-refractivity contribution < 1.29 is 0 Å². The maximum Gasteiger partial charge on any atom is 0.0638 e. The summed E-state index contributed by atoms with van der Waals surface area (Å²) in [6.07, 6.45) is 2.03. The number of nitrogens with one attached hydrogen (secondary N) is 3. The Morgan fingerprint density at radius 2 is 1.62 bits per heavy atom. The molecular weight excluding hydrogens is 356 g/mol. The number of hydrogen-bond acceptors (Lipinski definition) is 4. The van der Waals surface area contributed by atoms with Gasteiger partial charge < -0.3 is 21.1 Å². The second-order valence-corrected chi connectivity index (χ2v) is 8.09. The quantitative estimate of drug-likeness (QED) is 0.649. The minimum atomic E-state index is 0.149. The first-order chi connectivity index (χ1) is 14.2. The average molecular weight is 383 g/mol. The molecule has 0 aliphatic carbocycles. The first kappa shape index (κ1) is 17.8. The summed E-state index contributed by atoms with van der Waals surface area (Å²) in [5.74, 6) is 0.186. The highest BCUT2D eigenvalue weighted by atomic mass is 15.4. The van der Waals surface area contributed by atoms with Crippen molar-refractivity contribution in [3.05, 3.63) is 99.9 Å². The van der Waals surface area contributed by atoms with Crippen LogP contribution >= 0.6 is 0 Å². The molecule has 2 aliphatic heterocycles. The van der Waals surface area contributed by atoms with Crippen LogP contribution in [0.15, 0.2) is 72.8 Å². The van der Waals surface area contributed by atoms with Crippen LogP contribution in [-0.2, 0) is 6.54 Å². The van der Waals surface area contributed by atoms with Crippen molar-refractivity contribution in [2.75, 3.05) is 19.4 Å². The summed E-state index contributed by atoms with van der Waals surface area (Å²) >= 11 is 0. The minimum absolute atomic E-state index is 0.149. The van der Waals surface area contributed by atoms with Crippen LogP contribution in [0.2, 0.25) is 0 Å². The second-order valence-electron chi connectivity index (χ2n) is 8.09. The normalized spacial score (nSPS) is 19.5. The summed E-state index contributed by atoms with van der Waals surface area (Å²) in [7, 11) is 4.21. The first-order valence-electron chi connectivity index (χ1n) is 10.1. The van der Waals surface area contributed by atoms with Gasteiger partial charge >= 0.3 is 0 Å². The molecule has 2 unspecified atom stereocenters. The van der Waals surface area contributed by atoms with Gasteiger partial charge in [-0.25, -0.2) is 0 Å². The van der Waals surface area contributed by atoms with Gasteiger partial charge in [-0.2, -0.15) is 0 Å². The molecule has 29 heavy (non-hydrogen) atoms. The summed E-state index contributed by atoms with van der Waals surface area (Å²) in [4.78, 5) is 2.20. The Morgan fingerprint density at radius 1 is 0.828 bits per heavy atom. The molecule has 146 valence electrons. The van der Waals surface area contributed by atoms with E-state index in [2.05, 4.69) is 108 Å². The van der Waals surface area contributed by atoms with Gasteiger partial charge in [0.2, 0.25) is 0 Å². The molecule has 0 radical (unpaired) electrons. The molecule has 0 saturated heterocycles. The maximum atomic E-state index is 3.84. The van der Waals surface area contributed by atoms with E-state index in [-0.39, 0.29) is 12.0 Å². The predicted molar refractivity (Wildman–Crippen MR) is 119 cm³/mol. The van der Waals surface area contributed by atoms with Crippen LogP contribution in [0.25, 0.3) is 11.9 Å². The van der Waals surface area contributed by atoms with Crippen LogP contribution in [0, 0.1) is 0 Å². The molecule has 3 aromatic rings. The molecule has 0 saturated carbocycles. The highest BCUT2D eigenvalue weighted by molar-refractivity contribution is 5.69. The van der Waals surface area contributed by atoms with E-state index in [1.807, 2.05) is 6.20 Å². The van der Waals surface area contributed by atoms with Gasteiger partial charge in [0.1, 0.15) is 0 Å². The molecule has 4 nitrogen and oxygen atoms in total. The van der Waals surface area contributed by atoms with E-state index in [9.17, 15) is 0 Å². The topological polar surface area (TPSA) is 39.3 Å². The molecule has 0 bridgehead atoms. The molecule has 2 heterocycles. The average Bonchev–Trinajstić information content (AvgIpc) is 2.75. The van der Waals surface area contributed by atoms with Gasteiger partial charge in [-0.15, -0.1) is 0 Å². The Labute approximate surface area is 171 Å². The Balaban J connectivity index is 1.65. The van der Waals surface area contributed by atoms with Crippen LogP contribution in [0.5, 0.6) is 0 Å². The van der Waals surface area contributed by atoms with Gasteiger partial charge in [0, 0.05) is 28.9 Å². The zero-order valence-electron chi connectivity index (χ0n) is 16.8. The predicted octanol–water partition coefficient (Wildman–Crippen LogP) is 2.65. The van der Waals surface area contributed by atoms with Gasteiger partial charge in [0.05, 0.1) is 17.7 Å². The van der Waals surface area contributed by atoms with Gasteiger partial charge in [0.25, 0.3) is 0 Å². The highest BCUT2D eigenvalue weighted by Gasteiger charge is 2.33. The first-order valence-corrected chi connectivity index (χ1v) is 10.1. The summed E-state index contributed by atoms with van der Waals surface area (Å²) < 4.78 is 0. The van der Waals surface area contributed by atoms with Crippen LogP contribution in [0.1, 0.15) is 28.7 Å². The monoisotopic (exact) mass is 382 g/mol. The van der Waals surface area contributed by atoms with Crippen LogP contribution in [0.3, 0.4) is 0 Å². The van der Waals surface area contributed by atoms with Crippen LogP contribution < -0.4 is 26.6 Å². The summed E-state index contributed by atoms with van der Waals surface area (Å²) in [6.45, 7) is 0.950. The molecule has 2 atom stereocenters. The van der Waals surface area contributed by atoms with Crippen molar-refractivity contribution in [1.29, 1.82) is 0 Å². The largest absolute Gasteiger partial charge is 0.377 e. The molecule has 5 rings (SSSR count). The number of hydrogen-bond donors (Lipinski definition) is 3. The smallest absolute Gasteiger partial charge is 0.0638 e. The zero-order valence-corrected chi connectivity index (χ0v) is 16.8. The number of benzene rings is 3. The third kappa shape index (κ3) is 3.26. The van der Waals surface area contributed by atoms with Crippen LogP contribution in [-0.4, -0.2) is 19.0 Å². The fraction of sp³-hybridized carbons (Fsp3) is 0.200. The van der Waals surface area contributed by atoms with E-state index in [1.54, 1.807) is 0 Å². The number of hydrazine groups is 1. The van der Waals surface area contributed by atoms with Gasteiger partial charge in [-0.05, 0) is 36.9 Å². The van der Waals surface area contributed by atoms with E-state index in [0.29, 0.717) is 0 Å². The molecule has 0 amide bonds. The lowest BCUT2D eigenvalue weighted by Gasteiger charge is -2.37. The van der Waals surface area contributed by atoms with Crippen LogP contribution in [0.4, 0.5) is 5.69 Å². The van der Waals surface area contributed by atoms with Crippen molar-refractivity contribution >= 4 is 17.6 Å². The third-order valence-corrected chi connectivity index (χ3v) is 5.75. The van der Waals surface area contributed by atoms with E-state index >= 15 is 0 Å². The van der Waals surface area contributed by atoms with Crippen molar-refractivity contribution in [2.24, 2.45) is 0 Å². The standard InChI is InChI=1S/C25H26N4/c1-29(2)16-17-11-13-19(14-12-17)24-23(18-7-4-3-5-8-18)25-22-20(15-26-28-25)9-6-10-21(22)27-24/h3-15,23-24,26-28H,16H2,1-2H3. The lowest BCUT2D eigenvalue weighted by molar-refractivity contribution is 0.402. The lowest BCUT2D eigenvalue weighted by atomic mass is 9.80. The third-order valence-electron chi connectivity index (χ3n) is 5.75. The zero-order chi connectivity index (χ0) is 19.8. The van der Waals surface area contributed by atoms with E-state index in [1.165, 1.54) is 38.5 Å². The van der Waals surface area contributed by atoms with E-state index in [4.69, 9.17) is 0 Å². The molecular formula is C25H26N4. The summed E-state index contributed by atoms with van der Waals surface area (Å²) in [5.41, 5.74) is 13.1. The number of anilines is 1. The van der Waals surface area contributed by atoms with E-state index in [0.717, 1.165) is 6.54 Å². The van der Waals surface area contributed by atoms with Gasteiger partial charge in [-0.1, -0.05) is 66.7 Å². The molecule has 0 spiro atoms. The van der Waals surface area contributed by atoms with Crippen molar-refractivity contribution in [2.45, 2.75) is 18.5 Å². The number of nitrogens with zero attached hydrogens (tertiary/aromatic N) is 1. The Morgan fingerprint density at radius 3 is 2.38 bits per heavy atom. The Hall–Kier alpha value is -3.24. The Bertz CT molecular complexity index is 1130. The molecule has 3 N–H and O–H groups in total. The second kappa shape index (κ2) is 7.30. The number of rotatable bonds is 4. The molecule has 0 aromatic heterocycles. The molecule has 2 aliphatic rings. The summed E-state index contributed by atoms with van der Waals surface area (Å²) in [5, 5.41) is 6.32. The lowest BCUT2D eigenvalue weighted by Crippen LogP contribution is -2.50. The summed E-state index contributed by atoms with van der Waals surface area (Å²) in [6, 6.07) is 26.4. The maximum absolute atomic E-state index is 3.84. The van der Waals surface area contributed by atoms with Gasteiger partial charge in [0.15, 0.2) is 0 Å². The van der Waals surface area contributed by atoms with Crippen molar-refractivity contribution in [3.63, 3.8) is 0 Å². The van der Waals surface area contributed by atoms with Gasteiger partial charge in [-0.3, -0.25) is 0 Å². The minimum Gasteiger partial charge on any atom is -0.377 e. The highest BCUT2D eigenvalue weighted by Crippen LogP contribution is 2.40. The van der Waals surface area contributed by atoms with E-state index < -0.39 is 0 Å². The van der Waals surface area contributed by atoms with Crippen molar-refractivity contribution in [3.8, 4) is 0 Å². The Kier molecular flexibility index (Phi) is 4.49. The SMILES string of the molecule is CN(C)Cc1ccc(C2Nc3cccc4c3=C(NNC=4)C2c2ccccc2)cc1. The fourth-order valence-electron chi connectivity index (χ4n) is 4.51. The van der Waals surface area contributed by atoms with Crippen molar-refractivity contribution in [1.82, 2.24) is 15.8 Å².